The summed E-state index contributed by atoms with van der Waals surface area (Å²) in [5.41, 5.74) is 2.96. The van der Waals surface area contributed by atoms with Crippen molar-refractivity contribution in [3.63, 3.8) is 0 Å². The predicted molar refractivity (Wildman–Crippen MR) is 95.5 cm³/mol. The molecule has 0 bridgehead atoms. The van der Waals surface area contributed by atoms with Gasteiger partial charge in [-0.1, -0.05) is 45.1 Å². The lowest BCUT2D eigenvalue weighted by Gasteiger charge is -2.19. The lowest BCUT2D eigenvalue weighted by Crippen LogP contribution is -2.10. The highest BCUT2D eigenvalue weighted by molar-refractivity contribution is 14.1. The molecule has 0 saturated carbocycles. The minimum atomic E-state index is 0.0863. The smallest absolute Gasteiger partial charge is 0.170 e. The van der Waals surface area contributed by atoms with Crippen LogP contribution in [0.25, 0.3) is 16.7 Å². The van der Waals surface area contributed by atoms with Gasteiger partial charge >= 0.3 is 0 Å². The van der Waals surface area contributed by atoms with Crippen LogP contribution in [0, 0.1) is 3.57 Å². The summed E-state index contributed by atoms with van der Waals surface area (Å²) >= 11 is 2.29. The minimum Gasteiger partial charge on any atom is -0.504 e. The normalized spacial score (nSPS) is 14.4. The van der Waals surface area contributed by atoms with Crippen LogP contribution in [-0.2, 0) is 5.41 Å². The Bertz CT molecular complexity index is 784. The van der Waals surface area contributed by atoms with E-state index in [-0.39, 0.29) is 11.2 Å². The van der Waals surface area contributed by atoms with Crippen LogP contribution in [0.4, 0.5) is 0 Å². The summed E-state index contributed by atoms with van der Waals surface area (Å²) in [5, 5.41) is 11.4. The molecule has 0 spiro atoms. The summed E-state index contributed by atoms with van der Waals surface area (Å²) in [5.74, 6) is 0.699. The summed E-state index contributed by atoms with van der Waals surface area (Å²) < 4.78 is 6.92. The van der Waals surface area contributed by atoms with Crippen molar-refractivity contribution in [3.05, 3.63) is 63.0 Å². The van der Waals surface area contributed by atoms with E-state index in [0.29, 0.717) is 5.76 Å². The van der Waals surface area contributed by atoms with Gasteiger partial charge in [0, 0.05) is 11.0 Å². The Morgan fingerprint density at radius 3 is 2.38 bits per heavy atom. The molecule has 3 rings (SSSR count). The third-order valence-corrected chi connectivity index (χ3v) is 4.41. The zero-order valence-corrected chi connectivity index (χ0v) is 14.4. The number of aliphatic hydroxyl groups excluding tert-OH is 1. The van der Waals surface area contributed by atoms with E-state index in [4.69, 9.17) is 4.42 Å². The molecule has 1 N–H and O–H groups in total. The Labute approximate surface area is 138 Å². The first-order chi connectivity index (χ1) is 9.86. The molecule has 0 unspecified atom stereocenters. The van der Waals surface area contributed by atoms with E-state index >= 15 is 0 Å². The number of halogens is 1. The number of aliphatic hydroxyl groups is 1. The van der Waals surface area contributed by atoms with Crippen LogP contribution in [0.3, 0.4) is 0 Å². The number of rotatable bonds is 1. The molecule has 0 radical (unpaired) electrons. The number of furan rings is 1. The van der Waals surface area contributed by atoms with Gasteiger partial charge < -0.3 is 9.52 Å². The zero-order chi connectivity index (χ0) is 15.2. The van der Waals surface area contributed by atoms with Crippen molar-refractivity contribution in [2.24, 2.45) is 0 Å². The highest BCUT2D eigenvalue weighted by atomic mass is 127. The van der Waals surface area contributed by atoms with Crippen molar-refractivity contribution in [1.82, 2.24) is 0 Å². The third-order valence-electron chi connectivity index (χ3n) is 3.61. The van der Waals surface area contributed by atoms with Gasteiger partial charge in [-0.3, -0.25) is 0 Å². The highest BCUT2D eigenvalue weighted by Crippen LogP contribution is 2.34. The van der Waals surface area contributed by atoms with Gasteiger partial charge in [-0.2, -0.15) is 0 Å². The van der Waals surface area contributed by atoms with Gasteiger partial charge in [0.05, 0.1) is 3.57 Å². The van der Waals surface area contributed by atoms with Crippen LogP contribution in [-0.4, -0.2) is 5.11 Å². The van der Waals surface area contributed by atoms with Gasteiger partial charge in [0.15, 0.2) is 11.5 Å². The Morgan fingerprint density at radius 2 is 1.76 bits per heavy atom. The van der Waals surface area contributed by atoms with E-state index in [1.165, 1.54) is 5.56 Å². The van der Waals surface area contributed by atoms with Gasteiger partial charge in [0.25, 0.3) is 0 Å². The molecule has 1 aromatic heterocycles. The Morgan fingerprint density at radius 1 is 1.10 bits per heavy atom. The number of benzene rings is 1. The molecule has 0 aliphatic heterocycles. The van der Waals surface area contributed by atoms with E-state index in [1.54, 1.807) is 0 Å². The van der Waals surface area contributed by atoms with Crippen molar-refractivity contribution in [2.45, 2.75) is 26.2 Å². The van der Waals surface area contributed by atoms with Crippen LogP contribution in [0.1, 0.15) is 32.1 Å². The monoisotopic (exact) mass is 392 g/mol. The van der Waals surface area contributed by atoms with Crippen molar-refractivity contribution < 1.29 is 9.52 Å². The standard InChI is InChI=1S/C18H17IO2/c1-18(2,3)13-8-12-9-15(21-17(12)14(19)10-13)16(20)11-6-4-5-7-11/h4-10,20H,1-3H3. The maximum absolute atomic E-state index is 10.3. The fraction of sp³-hybridized carbons (Fsp3) is 0.222. The van der Waals surface area contributed by atoms with E-state index in [9.17, 15) is 5.11 Å². The summed E-state index contributed by atoms with van der Waals surface area (Å²) in [6, 6.07) is 6.20. The van der Waals surface area contributed by atoms with Gasteiger partial charge in [-0.25, -0.2) is 0 Å². The summed E-state index contributed by atoms with van der Waals surface area (Å²) in [4.78, 5) is 0. The molecular formula is C18H17IO2. The van der Waals surface area contributed by atoms with E-state index in [1.807, 2.05) is 30.4 Å². The largest absolute Gasteiger partial charge is 0.504 e. The highest BCUT2D eigenvalue weighted by Gasteiger charge is 2.19. The van der Waals surface area contributed by atoms with Crippen LogP contribution < -0.4 is 0 Å². The molecule has 1 aromatic carbocycles. The second-order valence-electron chi connectivity index (χ2n) is 6.26. The number of allylic oxidation sites excluding steroid dienone is 5. The molecule has 0 saturated heterocycles. The van der Waals surface area contributed by atoms with E-state index in [2.05, 4.69) is 55.5 Å². The minimum absolute atomic E-state index is 0.0863. The zero-order valence-electron chi connectivity index (χ0n) is 12.3. The van der Waals surface area contributed by atoms with Gasteiger partial charge in [0.2, 0.25) is 0 Å². The van der Waals surface area contributed by atoms with Crippen molar-refractivity contribution in [1.29, 1.82) is 0 Å². The summed E-state index contributed by atoms with van der Waals surface area (Å²) in [7, 11) is 0. The fourth-order valence-electron chi connectivity index (χ4n) is 2.33. The lowest BCUT2D eigenvalue weighted by atomic mass is 9.86. The van der Waals surface area contributed by atoms with Crippen LogP contribution in [0.15, 0.2) is 52.5 Å². The molecule has 1 aliphatic rings. The topological polar surface area (TPSA) is 33.4 Å². The van der Waals surface area contributed by atoms with Crippen molar-refractivity contribution in [3.8, 4) is 0 Å². The molecular weight excluding hydrogens is 375 g/mol. The van der Waals surface area contributed by atoms with Gasteiger partial charge in [-0.15, -0.1) is 0 Å². The molecule has 0 fully saturated rings. The van der Waals surface area contributed by atoms with Crippen molar-refractivity contribution >= 4 is 39.3 Å². The summed E-state index contributed by atoms with van der Waals surface area (Å²) in [6.07, 6.45) is 7.54. The molecule has 0 atom stereocenters. The quantitative estimate of drug-likeness (QED) is 0.497. The molecule has 2 aromatic rings. The Kier molecular flexibility index (Phi) is 3.48. The third kappa shape index (κ3) is 2.67. The Balaban J connectivity index is 2.17. The first-order valence-corrected chi connectivity index (χ1v) is 7.96. The first-order valence-electron chi connectivity index (χ1n) is 6.88. The van der Waals surface area contributed by atoms with E-state index < -0.39 is 0 Å². The molecule has 3 heteroatoms. The maximum Gasteiger partial charge on any atom is 0.170 e. The molecule has 108 valence electrons. The van der Waals surface area contributed by atoms with Gasteiger partial charge in [-0.05, 0) is 51.8 Å². The van der Waals surface area contributed by atoms with Crippen LogP contribution in [0.5, 0.6) is 0 Å². The maximum atomic E-state index is 10.3. The van der Waals surface area contributed by atoms with E-state index in [0.717, 1.165) is 20.1 Å². The lowest BCUT2D eigenvalue weighted by molar-refractivity contribution is 0.469. The number of hydrogen-bond donors (Lipinski definition) is 1. The number of fused-ring (bicyclic) bond motifs is 1. The SMILES string of the molecule is CC(C)(C)c1cc(I)c2oc(C(O)=C3C=CC=C3)cc2c1. The molecule has 1 aliphatic carbocycles. The average Bonchev–Trinajstić information content (AvgIpc) is 3.06. The summed E-state index contributed by atoms with van der Waals surface area (Å²) in [6.45, 7) is 6.58. The molecule has 21 heavy (non-hydrogen) atoms. The average molecular weight is 392 g/mol. The second-order valence-corrected chi connectivity index (χ2v) is 7.42. The van der Waals surface area contributed by atoms with Crippen LogP contribution >= 0.6 is 22.6 Å². The first kappa shape index (κ1) is 14.4. The second kappa shape index (κ2) is 5.05. The molecule has 1 heterocycles. The van der Waals surface area contributed by atoms with Crippen LogP contribution in [0.2, 0.25) is 0 Å². The Hall–Kier alpha value is -1.49. The fourth-order valence-corrected chi connectivity index (χ4v) is 3.09. The number of hydrogen-bond acceptors (Lipinski definition) is 2. The van der Waals surface area contributed by atoms with Crippen molar-refractivity contribution in [2.75, 3.05) is 0 Å². The predicted octanol–water partition coefficient (Wildman–Crippen LogP) is 5.73. The van der Waals surface area contributed by atoms with Gasteiger partial charge in [0.1, 0.15) is 5.58 Å². The molecule has 2 nitrogen and oxygen atoms in total. The molecule has 0 amide bonds.